The molecule has 1 fully saturated rings. The van der Waals surface area contributed by atoms with Crippen LogP contribution in [0.5, 0.6) is 0 Å². The SMILES string of the molecule is CN1CC(C(C(=O)O)c2ccc(F)cc2)C1. The van der Waals surface area contributed by atoms with Crippen molar-refractivity contribution >= 4 is 5.97 Å². The number of benzene rings is 1. The standard InChI is InChI=1S/C12H14FNO2/c1-14-6-9(7-14)11(12(15)16)8-2-4-10(13)5-3-8/h2-5,9,11H,6-7H2,1H3,(H,15,16). The minimum atomic E-state index is -0.829. The Hall–Kier alpha value is -1.42. The Balaban J connectivity index is 2.19. The third kappa shape index (κ3) is 2.07. The van der Waals surface area contributed by atoms with E-state index in [-0.39, 0.29) is 11.7 Å². The zero-order chi connectivity index (χ0) is 11.7. The van der Waals surface area contributed by atoms with Crippen molar-refractivity contribution in [1.29, 1.82) is 0 Å². The summed E-state index contributed by atoms with van der Waals surface area (Å²) >= 11 is 0. The van der Waals surface area contributed by atoms with Crippen molar-refractivity contribution in [2.75, 3.05) is 20.1 Å². The minimum absolute atomic E-state index is 0.132. The van der Waals surface area contributed by atoms with E-state index in [0.717, 1.165) is 13.1 Å². The average Bonchev–Trinajstić information content (AvgIpc) is 2.18. The molecule has 1 atom stereocenters. The summed E-state index contributed by atoms with van der Waals surface area (Å²) in [6, 6.07) is 5.75. The summed E-state index contributed by atoms with van der Waals surface area (Å²) in [5, 5.41) is 9.21. The van der Waals surface area contributed by atoms with Crippen LogP contribution in [0.3, 0.4) is 0 Å². The predicted molar refractivity (Wildman–Crippen MR) is 57.8 cm³/mol. The van der Waals surface area contributed by atoms with Gasteiger partial charge in [-0.2, -0.15) is 0 Å². The molecule has 1 aromatic carbocycles. The van der Waals surface area contributed by atoms with E-state index < -0.39 is 11.9 Å². The molecule has 2 rings (SSSR count). The van der Waals surface area contributed by atoms with Crippen LogP contribution in [-0.2, 0) is 4.79 Å². The molecule has 1 aliphatic rings. The monoisotopic (exact) mass is 223 g/mol. The maximum Gasteiger partial charge on any atom is 0.311 e. The van der Waals surface area contributed by atoms with Gasteiger partial charge in [0.25, 0.3) is 0 Å². The molecule has 0 radical (unpaired) electrons. The second-order valence-corrected chi connectivity index (χ2v) is 4.35. The highest BCUT2D eigenvalue weighted by Gasteiger charge is 2.36. The van der Waals surface area contributed by atoms with Gasteiger partial charge in [0.1, 0.15) is 5.82 Å². The van der Waals surface area contributed by atoms with Crippen LogP contribution in [0.25, 0.3) is 0 Å². The van der Waals surface area contributed by atoms with Crippen molar-refractivity contribution in [2.45, 2.75) is 5.92 Å². The van der Waals surface area contributed by atoms with E-state index in [9.17, 15) is 14.3 Å². The Morgan fingerprint density at radius 3 is 2.44 bits per heavy atom. The van der Waals surface area contributed by atoms with Gasteiger partial charge < -0.3 is 10.0 Å². The average molecular weight is 223 g/mol. The topological polar surface area (TPSA) is 40.5 Å². The summed E-state index contributed by atoms with van der Waals surface area (Å²) in [5.74, 6) is -1.55. The van der Waals surface area contributed by atoms with Gasteiger partial charge in [0.15, 0.2) is 0 Å². The number of hydrogen-bond donors (Lipinski definition) is 1. The molecule has 0 bridgehead atoms. The number of rotatable bonds is 3. The first-order chi connectivity index (χ1) is 7.58. The lowest BCUT2D eigenvalue weighted by Gasteiger charge is -2.39. The molecule has 0 spiro atoms. The number of carbonyl (C=O) groups is 1. The van der Waals surface area contributed by atoms with Gasteiger partial charge >= 0.3 is 5.97 Å². The highest BCUT2D eigenvalue weighted by Crippen LogP contribution is 2.31. The van der Waals surface area contributed by atoms with Crippen molar-refractivity contribution in [2.24, 2.45) is 5.92 Å². The van der Waals surface area contributed by atoms with Gasteiger partial charge in [0, 0.05) is 19.0 Å². The maximum atomic E-state index is 12.8. The van der Waals surface area contributed by atoms with Crippen molar-refractivity contribution in [1.82, 2.24) is 4.90 Å². The van der Waals surface area contributed by atoms with Crippen LogP contribution >= 0.6 is 0 Å². The number of halogens is 1. The fourth-order valence-electron chi connectivity index (χ4n) is 2.24. The molecule has 3 nitrogen and oxygen atoms in total. The van der Waals surface area contributed by atoms with Crippen molar-refractivity contribution in [3.05, 3.63) is 35.6 Å². The highest BCUT2D eigenvalue weighted by molar-refractivity contribution is 5.76. The van der Waals surface area contributed by atoms with Crippen LogP contribution in [0.4, 0.5) is 4.39 Å². The molecule has 86 valence electrons. The quantitative estimate of drug-likeness (QED) is 0.845. The van der Waals surface area contributed by atoms with Gasteiger partial charge in [-0.1, -0.05) is 12.1 Å². The fourth-order valence-corrected chi connectivity index (χ4v) is 2.24. The summed E-state index contributed by atoms with van der Waals surface area (Å²) in [4.78, 5) is 13.3. The molecule has 1 N–H and O–H groups in total. The molecule has 1 saturated heterocycles. The van der Waals surface area contributed by atoms with Gasteiger partial charge in [-0.25, -0.2) is 4.39 Å². The number of aliphatic carboxylic acids is 1. The molecule has 1 unspecified atom stereocenters. The molecular weight excluding hydrogens is 209 g/mol. The van der Waals surface area contributed by atoms with Gasteiger partial charge in [0.2, 0.25) is 0 Å². The molecular formula is C12H14FNO2. The predicted octanol–water partition coefficient (Wildman–Crippen LogP) is 1.56. The van der Waals surface area contributed by atoms with Crippen molar-refractivity contribution < 1.29 is 14.3 Å². The molecule has 0 aliphatic carbocycles. The van der Waals surface area contributed by atoms with E-state index in [1.54, 1.807) is 12.1 Å². The van der Waals surface area contributed by atoms with Crippen LogP contribution < -0.4 is 0 Å². The molecule has 16 heavy (non-hydrogen) atoms. The van der Waals surface area contributed by atoms with Crippen LogP contribution in [0.15, 0.2) is 24.3 Å². The zero-order valence-corrected chi connectivity index (χ0v) is 9.06. The Kier molecular flexibility index (Phi) is 2.92. The number of nitrogens with zero attached hydrogens (tertiary/aromatic N) is 1. The summed E-state index contributed by atoms with van der Waals surface area (Å²) in [6.45, 7) is 1.57. The summed E-state index contributed by atoms with van der Waals surface area (Å²) in [7, 11) is 1.96. The van der Waals surface area contributed by atoms with E-state index in [4.69, 9.17) is 0 Å². The van der Waals surface area contributed by atoms with Crippen LogP contribution in [0, 0.1) is 11.7 Å². The Labute approximate surface area is 93.5 Å². The Bertz CT molecular complexity index is 385. The number of likely N-dealkylation sites (tertiary alicyclic amines) is 1. The normalized spacial score (nSPS) is 19.1. The van der Waals surface area contributed by atoms with Crippen LogP contribution in [0.2, 0.25) is 0 Å². The van der Waals surface area contributed by atoms with Crippen LogP contribution in [0.1, 0.15) is 11.5 Å². The van der Waals surface area contributed by atoms with Gasteiger partial charge in [0.05, 0.1) is 5.92 Å². The van der Waals surface area contributed by atoms with Gasteiger partial charge in [-0.05, 0) is 24.7 Å². The fraction of sp³-hybridized carbons (Fsp3) is 0.417. The van der Waals surface area contributed by atoms with E-state index in [1.165, 1.54) is 12.1 Å². The molecule has 1 aromatic rings. The lowest BCUT2D eigenvalue weighted by molar-refractivity contribution is -0.141. The molecule has 0 amide bonds. The van der Waals surface area contributed by atoms with Crippen molar-refractivity contribution in [3.8, 4) is 0 Å². The third-order valence-corrected chi connectivity index (χ3v) is 3.06. The minimum Gasteiger partial charge on any atom is -0.481 e. The number of carboxylic acid groups (broad SMARTS) is 1. The first-order valence-corrected chi connectivity index (χ1v) is 5.24. The zero-order valence-electron chi connectivity index (χ0n) is 9.06. The summed E-state index contributed by atoms with van der Waals surface area (Å²) < 4.78 is 12.8. The smallest absolute Gasteiger partial charge is 0.311 e. The second-order valence-electron chi connectivity index (χ2n) is 4.35. The molecule has 0 aromatic heterocycles. The Morgan fingerprint density at radius 1 is 1.44 bits per heavy atom. The van der Waals surface area contributed by atoms with Gasteiger partial charge in [-0.15, -0.1) is 0 Å². The molecule has 1 aliphatic heterocycles. The molecule has 4 heteroatoms. The van der Waals surface area contributed by atoms with Crippen molar-refractivity contribution in [3.63, 3.8) is 0 Å². The second kappa shape index (κ2) is 4.22. The Morgan fingerprint density at radius 2 is 2.00 bits per heavy atom. The third-order valence-electron chi connectivity index (χ3n) is 3.06. The molecule has 0 saturated carbocycles. The molecule has 1 heterocycles. The van der Waals surface area contributed by atoms with E-state index in [0.29, 0.717) is 5.56 Å². The first kappa shape index (κ1) is 11.1. The largest absolute Gasteiger partial charge is 0.481 e. The van der Waals surface area contributed by atoms with Gasteiger partial charge in [-0.3, -0.25) is 4.79 Å². The lowest BCUT2D eigenvalue weighted by atomic mass is 9.81. The van der Waals surface area contributed by atoms with Crippen LogP contribution in [-0.4, -0.2) is 36.1 Å². The lowest BCUT2D eigenvalue weighted by Crippen LogP contribution is -2.48. The number of carboxylic acids is 1. The van der Waals surface area contributed by atoms with E-state index in [1.807, 2.05) is 7.05 Å². The first-order valence-electron chi connectivity index (χ1n) is 5.24. The van der Waals surface area contributed by atoms with E-state index in [2.05, 4.69) is 4.90 Å². The van der Waals surface area contributed by atoms with E-state index >= 15 is 0 Å². The summed E-state index contributed by atoms with van der Waals surface area (Å²) in [6.07, 6.45) is 0. The number of hydrogen-bond acceptors (Lipinski definition) is 2. The maximum absolute atomic E-state index is 12.8. The highest BCUT2D eigenvalue weighted by atomic mass is 19.1. The summed E-state index contributed by atoms with van der Waals surface area (Å²) in [5.41, 5.74) is 0.687.